The van der Waals surface area contributed by atoms with E-state index >= 15 is 0 Å². The van der Waals surface area contributed by atoms with Gasteiger partial charge in [-0.05, 0) is 30.7 Å². The van der Waals surface area contributed by atoms with E-state index in [0.29, 0.717) is 11.3 Å². The van der Waals surface area contributed by atoms with Crippen molar-refractivity contribution >= 4 is 27.5 Å². The Bertz CT molecular complexity index is 856. The zero-order chi connectivity index (χ0) is 18.0. The molecule has 6 nitrogen and oxygen atoms in total. The third-order valence-corrected chi connectivity index (χ3v) is 5.46. The van der Waals surface area contributed by atoms with E-state index in [1.807, 2.05) is 0 Å². The number of carbonyl (C=O) groups is 1. The maximum absolute atomic E-state index is 12.7. The van der Waals surface area contributed by atoms with Crippen LogP contribution in [0.2, 0.25) is 5.02 Å². The van der Waals surface area contributed by atoms with E-state index in [0.717, 1.165) is 0 Å². The molecule has 0 spiro atoms. The van der Waals surface area contributed by atoms with Gasteiger partial charge < -0.3 is 10.5 Å². The van der Waals surface area contributed by atoms with Crippen molar-refractivity contribution in [2.45, 2.75) is 17.4 Å². The van der Waals surface area contributed by atoms with Crippen LogP contribution in [0, 0.1) is 0 Å². The summed E-state index contributed by atoms with van der Waals surface area (Å²) in [5.74, 6) is -0.478. The highest BCUT2D eigenvalue weighted by Gasteiger charge is 2.38. The molecule has 0 aromatic heterocycles. The number of methoxy groups -OCH3 is 1. The lowest BCUT2D eigenvalue weighted by atomic mass is 9.93. The number of nitrogens with one attached hydrogen (secondary N) is 1. The van der Waals surface area contributed by atoms with Crippen LogP contribution in [0.25, 0.3) is 0 Å². The molecule has 2 rings (SSSR count). The lowest BCUT2D eigenvalue weighted by Gasteiger charge is -2.27. The Hall–Kier alpha value is -2.09. The SMILES string of the molecule is COc1ccc(S(=O)(=O)N[C@@](C)(C(N)=O)c2ccccc2)cc1Cl. The molecule has 0 fully saturated rings. The summed E-state index contributed by atoms with van der Waals surface area (Å²) in [6.45, 7) is 1.41. The summed E-state index contributed by atoms with van der Waals surface area (Å²) >= 11 is 5.98. The molecule has 1 amide bonds. The van der Waals surface area contributed by atoms with E-state index in [1.54, 1.807) is 30.3 Å². The lowest BCUT2D eigenvalue weighted by Crippen LogP contribution is -2.52. The van der Waals surface area contributed by atoms with Crippen LogP contribution in [-0.2, 0) is 20.4 Å². The first-order valence-electron chi connectivity index (χ1n) is 6.93. The number of primary amides is 1. The first-order valence-corrected chi connectivity index (χ1v) is 8.80. The standard InChI is InChI=1S/C16H17ClN2O4S/c1-16(15(18)20,11-6-4-3-5-7-11)19-24(21,22)12-8-9-14(23-2)13(17)10-12/h3-10,19H,1-2H3,(H2,18,20)/t16-/m1/s1. The van der Waals surface area contributed by atoms with Crippen LogP contribution < -0.4 is 15.2 Å². The molecule has 0 radical (unpaired) electrons. The van der Waals surface area contributed by atoms with Gasteiger partial charge in [-0.15, -0.1) is 0 Å². The van der Waals surface area contributed by atoms with Crippen LogP contribution in [0.1, 0.15) is 12.5 Å². The Morgan fingerprint density at radius 3 is 2.33 bits per heavy atom. The molecule has 24 heavy (non-hydrogen) atoms. The van der Waals surface area contributed by atoms with Crippen molar-refractivity contribution in [1.82, 2.24) is 4.72 Å². The minimum absolute atomic E-state index is 0.100. The third-order valence-electron chi connectivity index (χ3n) is 3.62. The van der Waals surface area contributed by atoms with Crippen LogP contribution in [0.5, 0.6) is 5.75 Å². The highest BCUT2D eigenvalue weighted by Crippen LogP contribution is 2.29. The molecular formula is C16H17ClN2O4S. The van der Waals surface area contributed by atoms with Crippen LogP contribution in [-0.4, -0.2) is 21.4 Å². The molecule has 128 valence electrons. The molecule has 0 aliphatic rings. The number of halogens is 1. The zero-order valence-electron chi connectivity index (χ0n) is 13.1. The van der Waals surface area contributed by atoms with E-state index in [-0.39, 0.29) is 9.92 Å². The molecule has 0 aliphatic heterocycles. The van der Waals surface area contributed by atoms with Crippen molar-refractivity contribution in [2.24, 2.45) is 5.73 Å². The van der Waals surface area contributed by atoms with Gasteiger partial charge >= 0.3 is 0 Å². The van der Waals surface area contributed by atoms with Gasteiger partial charge in [0.05, 0.1) is 17.0 Å². The average molecular weight is 369 g/mol. The molecule has 0 unspecified atom stereocenters. The Labute approximate surface area is 145 Å². The summed E-state index contributed by atoms with van der Waals surface area (Å²) in [4.78, 5) is 11.8. The summed E-state index contributed by atoms with van der Waals surface area (Å²) in [5, 5.41) is 0.140. The number of hydrogen-bond acceptors (Lipinski definition) is 4. The van der Waals surface area contributed by atoms with Gasteiger partial charge in [0.25, 0.3) is 0 Å². The van der Waals surface area contributed by atoms with Crippen molar-refractivity contribution in [3.05, 3.63) is 59.1 Å². The van der Waals surface area contributed by atoms with Crippen molar-refractivity contribution < 1.29 is 17.9 Å². The minimum atomic E-state index is -4.05. The maximum Gasteiger partial charge on any atom is 0.243 e. The van der Waals surface area contributed by atoms with E-state index in [2.05, 4.69) is 4.72 Å². The van der Waals surface area contributed by atoms with E-state index in [9.17, 15) is 13.2 Å². The average Bonchev–Trinajstić information content (AvgIpc) is 2.55. The molecule has 0 saturated carbocycles. The lowest BCUT2D eigenvalue weighted by molar-refractivity contribution is -0.123. The van der Waals surface area contributed by atoms with Gasteiger partial charge in [0.2, 0.25) is 15.9 Å². The van der Waals surface area contributed by atoms with Crippen molar-refractivity contribution in [3.8, 4) is 5.75 Å². The largest absolute Gasteiger partial charge is 0.495 e. The normalized spacial score (nSPS) is 14.0. The molecule has 3 N–H and O–H groups in total. The Morgan fingerprint density at radius 1 is 1.21 bits per heavy atom. The molecule has 8 heteroatoms. The van der Waals surface area contributed by atoms with Crippen molar-refractivity contribution in [1.29, 1.82) is 0 Å². The van der Waals surface area contributed by atoms with Gasteiger partial charge in [-0.2, -0.15) is 4.72 Å². The number of nitrogens with two attached hydrogens (primary N) is 1. The van der Waals surface area contributed by atoms with Crippen LogP contribution in [0.4, 0.5) is 0 Å². The van der Waals surface area contributed by atoms with Gasteiger partial charge in [0.15, 0.2) is 0 Å². The van der Waals surface area contributed by atoms with E-state index in [1.165, 1.54) is 32.2 Å². The molecule has 2 aromatic rings. The number of rotatable bonds is 6. The Morgan fingerprint density at radius 2 is 1.83 bits per heavy atom. The van der Waals surface area contributed by atoms with Crippen LogP contribution in [0.15, 0.2) is 53.4 Å². The Balaban J connectivity index is 2.46. The maximum atomic E-state index is 12.7. The van der Waals surface area contributed by atoms with Crippen molar-refractivity contribution in [2.75, 3.05) is 7.11 Å². The minimum Gasteiger partial charge on any atom is -0.495 e. The quantitative estimate of drug-likeness (QED) is 0.814. The molecule has 0 heterocycles. The monoisotopic (exact) mass is 368 g/mol. The fraction of sp³-hybridized carbons (Fsp3) is 0.188. The second-order valence-electron chi connectivity index (χ2n) is 5.26. The van der Waals surface area contributed by atoms with Gasteiger partial charge in [-0.25, -0.2) is 8.42 Å². The first-order chi connectivity index (χ1) is 11.2. The highest BCUT2D eigenvalue weighted by molar-refractivity contribution is 7.89. The van der Waals surface area contributed by atoms with Gasteiger partial charge in [-0.3, -0.25) is 4.79 Å². The molecule has 0 saturated heterocycles. The number of amides is 1. The molecule has 1 atom stereocenters. The summed E-state index contributed by atoms with van der Waals surface area (Å²) in [6.07, 6.45) is 0. The summed E-state index contributed by atoms with van der Waals surface area (Å²) in [5.41, 5.74) is 4.28. The zero-order valence-corrected chi connectivity index (χ0v) is 14.7. The summed E-state index contributed by atoms with van der Waals surface area (Å²) in [6, 6.07) is 12.4. The van der Waals surface area contributed by atoms with Gasteiger partial charge in [0.1, 0.15) is 11.3 Å². The fourth-order valence-electron chi connectivity index (χ4n) is 2.16. The number of sulfonamides is 1. The van der Waals surface area contributed by atoms with Crippen LogP contribution in [0.3, 0.4) is 0 Å². The first kappa shape index (κ1) is 18.3. The second kappa shape index (κ2) is 6.80. The third kappa shape index (κ3) is 3.53. The molecule has 2 aromatic carbocycles. The number of benzene rings is 2. The summed E-state index contributed by atoms with van der Waals surface area (Å²) < 4.78 is 32.7. The van der Waals surface area contributed by atoms with E-state index in [4.69, 9.17) is 22.1 Å². The number of carbonyl (C=O) groups excluding carboxylic acids is 1. The topological polar surface area (TPSA) is 98.5 Å². The smallest absolute Gasteiger partial charge is 0.243 e. The Kier molecular flexibility index (Phi) is 5.17. The number of ether oxygens (including phenoxy) is 1. The van der Waals surface area contributed by atoms with Crippen LogP contribution >= 0.6 is 11.6 Å². The highest BCUT2D eigenvalue weighted by atomic mass is 35.5. The fourth-order valence-corrected chi connectivity index (χ4v) is 3.88. The van der Waals surface area contributed by atoms with Crippen molar-refractivity contribution in [3.63, 3.8) is 0 Å². The predicted octanol–water partition coefficient (Wildman–Crippen LogP) is 2.03. The van der Waals surface area contributed by atoms with E-state index < -0.39 is 21.5 Å². The number of hydrogen-bond donors (Lipinski definition) is 2. The molecule has 0 bridgehead atoms. The second-order valence-corrected chi connectivity index (χ2v) is 7.35. The molecular weight excluding hydrogens is 352 g/mol. The van der Waals surface area contributed by atoms with Gasteiger partial charge in [-0.1, -0.05) is 41.9 Å². The van der Waals surface area contributed by atoms with Gasteiger partial charge in [0, 0.05) is 0 Å². The molecule has 0 aliphatic carbocycles. The summed E-state index contributed by atoms with van der Waals surface area (Å²) in [7, 11) is -2.63. The predicted molar refractivity (Wildman–Crippen MR) is 91.3 cm³/mol.